The van der Waals surface area contributed by atoms with Gasteiger partial charge < -0.3 is 19.8 Å². The van der Waals surface area contributed by atoms with E-state index in [0.29, 0.717) is 0 Å². The van der Waals surface area contributed by atoms with Crippen LogP contribution in [0, 0.1) is 5.92 Å². The van der Waals surface area contributed by atoms with Crippen molar-refractivity contribution in [2.45, 2.75) is 25.4 Å². The van der Waals surface area contributed by atoms with Crippen molar-refractivity contribution in [3.8, 4) is 0 Å². The molecular weight excluding hydrogens is 174 g/mol. The number of β-lactam (4-membered cyclic amide) rings is 1. The zero-order valence-corrected chi connectivity index (χ0v) is 7.38. The highest BCUT2D eigenvalue weighted by atomic mass is 16.5. The number of carbonyl (C=O) groups excluding carboxylic acids is 1. The first-order valence-electron chi connectivity index (χ1n) is 4.40. The van der Waals surface area contributed by atoms with Crippen LogP contribution in [0.3, 0.4) is 0 Å². The summed E-state index contributed by atoms with van der Waals surface area (Å²) in [5, 5.41) is 18.3. The largest absolute Gasteiger partial charge is 0.394 e. The van der Waals surface area contributed by atoms with Gasteiger partial charge in [-0.1, -0.05) is 0 Å². The first-order chi connectivity index (χ1) is 6.15. The van der Waals surface area contributed by atoms with Crippen LogP contribution in [0.5, 0.6) is 0 Å². The molecule has 0 aromatic heterocycles. The molecule has 2 saturated heterocycles. The Morgan fingerprint density at radius 2 is 2.38 bits per heavy atom. The topological polar surface area (TPSA) is 70.0 Å². The van der Waals surface area contributed by atoms with Crippen LogP contribution in [0.1, 0.15) is 6.92 Å². The molecule has 2 rings (SSSR count). The van der Waals surface area contributed by atoms with E-state index in [-0.39, 0.29) is 31.2 Å². The zero-order chi connectivity index (χ0) is 9.59. The molecule has 2 fully saturated rings. The Morgan fingerprint density at radius 3 is 3.00 bits per heavy atom. The summed E-state index contributed by atoms with van der Waals surface area (Å²) in [6.07, 6.45) is -1.55. The fourth-order valence-corrected chi connectivity index (χ4v) is 1.84. The quantitative estimate of drug-likeness (QED) is 0.492. The van der Waals surface area contributed by atoms with Crippen molar-refractivity contribution in [2.75, 3.05) is 13.2 Å². The summed E-state index contributed by atoms with van der Waals surface area (Å²) < 4.78 is 5.33. The normalized spacial score (nSPS) is 44.2. The number of ether oxygens (including phenoxy) is 1. The number of hydrogen-bond acceptors (Lipinski definition) is 4. The van der Waals surface area contributed by atoms with Crippen molar-refractivity contribution in [3.63, 3.8) is 0 Å². The predicted molar refractivity (Wildman–Crippen MR) is 42.6 cm³/mol. The maximum atomic E-state index is 11.2. The molecule has 2 aliphatic rings. The van der Waals surface area contributed by atoms with Crippen LogP contribution < -0.4 is 0 Å². The molecule has 0 aliphatic carbocycles. The molecule has 2 N–H and O–H groups in total. The number of carbonyl (C=O) groups is 1. The van der Waals surface area contributed by atoms with Crippen LogP contribution in [-0.4, -0.2) is 52.6 Å². The molecule has 2 aliphatic heterocycles. The summed E-state index contributed by atoms with van der Waals surface area (Å²) in [7, 11) is 0. The number of nitrogens with zero attached hydrogens (tertiary/aromatic N) is 1. The predicted octanol–water partition coefficient (Wildman–Crippen LogP) is -1.46. The van der Waals surface area contributed by atoms with Crippen LogP contribution in [0.25, 0.3) is 0 Å². The Hall–Kier alpha value is -0.650. The zero-order valence-electron chi connectivity index (χ0n) is 7.38. The van der Waals surface area contributed by atoms with E-state index in [1.165, 1.54) is 4.90 Å². The van der Waals surface area contributed by atoms with Crippen LogP contribution in [0.15, 0.2) is 0 Å². The molecule has 2 heterocycles. The van der Waals surface area contributed by atoms with E-state index < -0.39 is 12.2 Å². The SMILES string of the molecule is C[C@@H]1C(=O)N2C[C@H](O)[C@@H](CO)O[C@H]12. The smallest absolute Gasteiger partial charge is 0.232 e. The Morgan fingerprint density at radius 1 is 1.69 bits per heavy atom. The van der Waals surface area contributed by atoms with Gasteiger partial charge in [-0.05, 0) is 6.92 Å². The molecule has 5 nitrogen and oxygen atoms in total. The van der Waals surface area contributed by atoms with Gasteiger partial charge in [0.05, 0.1) is 19.1 Å². The van der Waals surface area contributed by atoms with Gasteiger partial charge in [0.25, 0.3) is 0 Å². The molecule has 0 aromatic rings. The molecule has 0 bridgehead atoms. The molecule has 0 aromatic carbocycles. The van der Waals surface area contributed by atoms with Crippen molar-refractivity contribution in [2.24, 2.45) is 5.92 Å². The highest BCUT2D eigenvalue weighted by molar-refractivity contribution is 5.85. The second kappa shape index (κ2) is 2.94. The summed E-state index contributed by atoms with van der Waals surface area (Å²) in [5.41, 5.74) is 0. The van der Waals surface area contributed by atoms with E-state index in [9.17, 15) is 9.90 Å². The second-order valence-electron chi connectivity index (χ2n) is 3.59. The van der Waals surface area contributed by atoms with Gasteiger partial charge in [-0.2, -0.15) is 0 Å². The Balaban J connectivity index is 2.04. The van der Waals surface area contributed by atoms with Gasteiger partial charge in [0.2, 0.25) is 5.91 Å². The highest BCUT2D eigenvalue weighted by Gasteiger charge is 2.50. The maximum Gasteiger partial charge on any atom is 0.232 e. The molecular formula is C8H13NO4. The minimum absolute atomic E-state index is 0.0143. The summed E-state index contributed by atoms with van der Waals surface area (Å²) in [6.45, 7) is 1.86. The standard InChI is InChI=1S/C8H13NO4/c1-4-7(12)9-2-5(11)6(3-10)13-8(4)9/h4-6,8,10-11H,2-3H2,1H3/t4-,5+,6-,8-/m1/s1. The van der Waals surface area contributed by atoms with Crippen molar-refractivity contribution < 1.29 is 19.7 Å². The lowest BCUT2D eigenvalue weighted by molar-refractivity contribution is -0.248. The van der Waals surface area contributed by atoms with Crippen molar-refractivity contribution in [1.82, 2.24) is 4.90 Å². The van der Waals surface area contributed by atoms with Gasteiger partial charge in [-0.15, -0.1) is 0 Å². The number of aliphatic hydroxyl groups excluding tert-OH is 2. The fraction of sp³-hybridized carbons (Fsp3) is 0.875. The molecule has 4 atom stereocenters. The average molecular weight is 187 g/mol. The first kappa shape index (κ1) is 8.93. The summed E-state index contributed by atoms with van der Waals surface area (Å²) >= 11 is 0. The number of hydrogen-bond donors (Lipinski definition) is 2. The third-order valence-corrected chi connectivity index (χ3v) is 2.71. The average Bonchev–Trinajstić information content (AvgIpc) is 2.16. The van der Waals surface area contributed by atoms with E-state index in [1.54, 1.807) is 6.92 Å². The van der Waals surface area contributed by atoms with E-state index in [2.05, 4.69) is 0 Å². The molecule has 74 valence electrons. The van der Waals surface area contributed by atoms with E-state index in [1.807, 2.05) is 0 Å². The van der Waals surface area contributed by atoms with Crippen LogP contribution in [-0.2, 0) is 9.53 Å². The van der Waals surface area contributed by atoms with E-state index in [4.69, 9.17) is 9.84 Å². The third kappa shape index (κ3) is 1.15. The molecule has 0 radical (unpaired) electrons. The van der Waals surface area contributed by atoms with Crippen molar-refractivity contribution in [1.29, 1.82) is 0 Å². The molecule has 0 unspecified atom stereocenters. The van der Waals surface area contributed by atoms with Crippen LogP contribution in [0.2, 0.25) is 0 Å². The lowest BCUT2D eigenvalue weighted by Gasteiger charge is -2.51. The number of aliphatic hydroxyl groups is 2. The van der Waals surface area contributed by atoms with Crippen molar-refractivity contribution in [3.05, 3.63) is 0 Å². The monoisotopic (exact) mass is 187 g/mol. The van der Waals surface area contributed by atoms with Gasteiger partial charge in [-0.3, -0.25) is 4.79 Å². The molecule has 13 heavy (non-hydrogen) atoms. The van der Waals surface area contributed by atoms with Gasteiger partial charge in [0, 0.05) is 0 Å². The highest BCUT2D eigenvalue weighted by Crippen LogP contribution is 2.32. The summed E-state index contributed by atoms with van der Waals surface area (Å²) in [5.74, 6) is -0.123. The van der Waals surface area contributed by atoms with Gasteiger partial charge in [-0.25, -0.2) is 0 Å². The number of fused-ring (bicyclic) bond motifs is 1. The van der Waals surface area contributed by atoms with Crippen LogP contribution in [0.4, 0.5) is 0 Å². The van der Waals surface area contributed by atoms with Gasteiger partial charge in [0.1, 0.15) is 18.4 Å². The Labute approximate surface area is 75.9 Å². The molecule has 1 amide bonds. The first-order valence-corrected chi connectivity index (χ1v) is 4.40. The minimum atomic E-state index is -0.766. The lowest BCUT2D eigenvalue weighted by Crippen LogP contribution is -2.68. The lowest BCUT2D eigenvalue weighted by atomic mass is 9.94. The maximum absolute atomic E-state index is 11.2. The summed E-state index contributed by atoms with van der Waals surface area (Å²) in [6, 6.07) is 0. The summed E-state index contributed by atoms with van der Waals surface area (Å²) in [4.78, 5) is 12.7. The number of rotatable bonds is 1. The third-order valence-electron chi connectivity index (χ3n) is 2.71. The van der Waals surface area contributed by atoms with E-state index in [0.717, 1.165) is 0 Å². The fourth-order valence-electron chi connectivity index (χ4n) is 1.84. The molecule has 0 saturated carbocycles. The Bertz CT molecular complexity index is 232. The number of amides is 1. The van der Waals surface area contributed by atoms with Gasteiger partial charge in [0.15, 0.2) is 0 Å². The van der Waals surface area contributed by atoms with E-state index >= 15 is 0 Å². The van der Waals surface area contributed by atoms with Gasteiger partial charge >= 0.3 is 0 Å². The molecule has 0 spiro atoms. The minimum Gasteiger partial charge on any atom is -0.394 e. The van der Waals surface area contributed by atoms with Crippen molar-refractivity contribution >= 4 is 5.91 Å². The Kier molecular flexibility index (Phi) is 2.02. The molecule has 5 heteroatoms. The second-order valence-corrected chi connectivity index (χ2v) is 3.59. The van der Waals surface area contributed by atoms with Crippen LogP contribution >= 0.6 is 0 Å².